The molecule has 0 atom stereocenters. The molecule has 0 bridgehead atoms. The average molecular weight is 203 g/mol. The highest BCUT2D eigenvalue weighted by Gasteiger charge is 2.00. The molecule has 0 aromatic carbocycles. The second-order valence-electron chi connectivity index (χ2n) is 2.44. The summed E-state index contributed by atoms with van der Waals surface area (Å²) in [5, 5.41) is 11.4. The molecule has 80 valence electrons. The summed E-state index contributed by atoms with van der Waals surface area (Å²) < 4.78 is 0. The van der Waals surface area contributed by atoms with E-state index in [1.165, 1.54) is 4.90 Å². The second-order valence-corrected chi connectivity index (χ2v) is 2.44. The molecule has 0 heterocycles. The molecule has 8 heteroatoms. The number of nitrogens with two attached hydrogens (primary N) is 2. The van der Waals surface area contributed by atoms with Crippen molar-refractivity contribution in [2.75, 3.05) is 20.7 Å². The summed E-state index contributed by atoms with van der Waals surface area (Å²) in [7, 11) is 3.32. The van der Waals surface area contributed by atoms with Crippen LogP contribution in [0.5, 0.6) is 0 Å². The van der Waals surface area contributed by atoms with Crippen LogP contribution in [-0.2, 0) is 9.63 Å². The Kier molecular flexibility index (Phi) is 5.00. The van der Waals surface area contributed by atoms with Crippen molar-refractivity contribution in [1.29, 1.82) is 0 Å². The molecule has 0 aromatic rings. The van der Waals surface area contributed by atoms with Crippen molar-refractivity contribution >= 4 is 17.9 Å². The molecule has 5 N–H and O–H groups in total. The van der Waals surface area contributed by atoms with Crippen LogP contribution in [-0.4, -0.2) is 48.6 Å². The SMILES string of the molecule is CN(C)/C(N)=N\C(N)=N/OC(=O)CO. The van der Waals surface area contributed by atoms with Crippen LogP contribution < -0.4 is 11.5 Å². The van der Waals surface area contributed by atoms with Crippen molar-refractivity contribution in [3.8, 4) is 0 Å². The molecule has 0 aliphatic rings. The van der Waals surface area contributed by atoms with Crippen LogP contribution in [0.2, 0.25) is 0 Å². The normalized spacial score (nSPS) is 12.5. The lowest BCUT2D eigenvalue weighted by molar-refractivity contribution is -0.146. The number of oxime groups is 1. The first-order chi connectivity index (χ1) is 6.47. The van der Waals surface area contributed by atoms with Gasteiger partial charge < -0.3 is 26.3 Å². The molecule has 8 nitrogen and oxygen atoms in total. The maximum Gasteiger partial charge on any atom is 0.360 e. The third kappa shape index (κ3) is 4.93. The van der Waals surface area contributed by atoms with E-state index in [2.05, 4.69) is 15.0 Å². The van der Waals surface area contributed by atoms with Gasteiger partial charge in [-0.3, -0.25) is 0 Å². The standard InChI is InChI=1S/C6H13N5O3/c1-11(2)6(8)9-5(7)10-14-4(13)3-12/h12H,3H2,1-2H3,(H4,7,8,9,10). The number of aliphatic hydroxyl groups excluding tert-OH is 1. The van der Waals surface area contributed by atoms with Gasteiger partial charge in [-0.2, -0.15) is 4.99 Å². The Labute approximate surface area is 80.8 Å². The largest absolute Gasteiger partial charge is 0.385 e. The molecule has 0 radical (unpaired) electrons. The van der Waals surface area contributed by atoms with Gasteiger partial charge in [0.2, 0.25) is 0 Å². The van der Waals surface area contributed by atoms with Crippen LogP contribution in [0.4, 0.5) is 0 Å². The third-order valence-electron chi connectivity index (χ3n) is 1.06. The molecule has 0 unspecified atom stereocenters. The Morgan fingerprint density at radius 2 is 2.07 bits per heavy atom. The predicted octanol–water partition coefficient (Wildman–Crippen LogP) is -2.37. The van der Waals surface area contributed by atoms with Crippen LogP contribution in [0.15, 0.2) is 10.1 Å². The molecule has 0 spiro atoms. The van der Waals surface area contributed by atoms with E-state index < -0.39 is 12.6 Å². The van der Waals surface area contributed by atoms with Crippen molar-refractivity contribution in [1.82, 2.24) is 4.90 Å². The summed E-state index contributed by atoms with van der Waals surface area (Å²) in [4.78, 5) is 19.6. The van der Waals surface area contributed by atoms with Gasteiger partial charge in [-0.05, 0) is 5.16 Å². The van der Waals surface area contributed by atoms with Gasteiger partial charge in [0.25, 0.3) is 5.96 Å². The van der Waals surface area contributed by atoms with Crippen LogP contribution in [0, 0.1) is 0 Å². The highest BCUT2D eigenvalue weighted by Crippen LogP contribution is 1.82. The van der Waals surface area contributed by atoms with E-state index in [-0.39, 0.29) is 11.9 Å². The van der Waals surface area contributed by atoms with E-state index in [1.807, 2.05) is 0 Å². The quantitative estimate of drug-likeness (QED) is 0.199. The summed E-state index contributed by atoms with van der Waals surface area (Å²) in [6, 6.07) is 0. The summed E-state index contributed by atoms with van der Waals surface area (Å²) in [6.07, 6.45) is 0. The minimum Gasteiger partial charge on any atom is -0.385 e. The number of carbonyl (C=O) groups is 1. The highest BCUT2D eigenvalue weighted by atomic mass is 16.7. The maximum absolute atomic E-state index is 10.4. The fraction of sp³-hybridized carbons (Fsp3) is 0.500. The van der Waals surface area contributed by atoms with Crippen molar-refractivity contribution in [2.24, 2.45) is 21.6 Å². The van der Waals surface area contributed by atoms with Gasteiger partial charge >= 0.3 is 5.97 Å². The lowest BCUT2D eigenvalue weighted by Gasteiger charge is -2.09. The van der Waals surface area contributed by atoms with Crippen LogP contribution >= 0.6 is 0 Å². The summed E-state index contributed by atoms with van der Waals surface area (Å²) >= 11 is 0. The second kappa shape index (κ2) is 5.75. The molecule has 0 saturated carbocycles. The number of rotatable bonds is 2. The van der Waals surface area contributed by atoms with Gasteiger partial charge in [0.15, 0.2) is 5.96 Å². The van der Waals surface area contributed by atoms with E-state index in [0.29, 0.717) is 0 Å². The zero-order chi connectivity index (χ0) is 11.1. The first-order valence-electron chi connectivity index (χ1n) is 3.63. The number of nitrogens with zero attached hydrogens (tertiary/aromatic N) is 3. The molecule has 0 saturated heterocycles. The van der Waals surface area contributed by atoms with Crippen molar-refractivity contribution in [3.05, 3.63) is 0 Å². The smallest absolute Gasteiger partial charge is 0.360 e. The summed E-state index contributed by atoms with van der Waals surface area (Å²) in [5.41, 5.74) is 10.6. The van der Waals surface area contributed by atoms with Crippen LogP contribution in [0.3, 0.4) is 0 Å². The number of guanidine groups is 2. The monoisotopic (exact) mass is 203 g/mol. The highest BCUT2D eigenvalue weighted by molar-refractivity contribution is 5.93. The first-order valence-corrected chi connectivity index (χ1v) is 3.63. The molecule has 0 aromatic heterocycles. The van der Waals surface area contributed by atoms with E-state index >= 15 is 0 Å². The predicted molar refractivity (Wildman–Crippen MR) is 50.1 cm³/mol. The Morgan fingerprint density at radius 3 is 2.50 bits per heavy atom. The summed E-state index contributed by atoms with van der Waals surface area (Å²) in [5.74, 6) is -1.11. The molecular weight excluding hydrogens is 190 g/mol. The van der Waals surface area contributed by atoms with E-state index in [9.17, 15) is 4.79 Å². The van der Waals surface area contributed by atoms with Crippen molar-refractivity contribution in [3.63, 3.8) is 0 Å². The fourth-order valence-electron chi connectivity index (χ4n) is 0.364. The zero-order valence-electron chi connectivity index (χ0n) is 7.97. The molecular formula is C6H13N5O3. The fourth-order valence-corrected chi connectivity index (χ4v) is 0.364. The Hall–Kier alpha value is -1.83. The van der Waals surface area contributed by atoms with Gasteiger partial charge in [0.05, 0.1) is 0 Å². The molecule has 0 aliphatic heterocycles. The minimum absolute atomic E-state index is 0.117. The molecule has 0 amide bonds. The molecule has 0 rings (SSSR count). The molecule has 0 fully saturated rings. The molecule has 0 aliphatic carbocycles. The zero-order valence-corrected chi connectivity index (χ0v) is 7.97. The van der Waals surface area contributed by atoms with Gasteiger partial charge in [-0.1, -0.05) is 0 Å². The van der Waals surface area contributed by atoms with Crippen LogP contribution in [0.25, 0.3) is 0 Å². The van der Waals surface area contributed by atoms with Crippen molar-refractivity contribution < 1.29 is 14.7 Å². The number of hydrogen-bond donors (Lipinski definition) is 3. The third-order valence-corrected chi connectivity index (χ3v) is 1.06. The van der Waals surface area contributed by atoms with Crippen LogP contribution in [0.1, 0.15) is 0 Å². The average Bonchev–Trinajstić information content (AvgIpc) is 2.13. The van der Waals surface area contributed by atoms with Gasteiger partial charge in [0, 0.05) is 14.1 Å². The van der Waals surface area contributed by atoms with Gasteiger partial charge in [0.1, 0.15) is 6.61 Å². The number of aliphatic hydroxyl groups is 1. The Balaban J connectivity index is 4.26. The Bertz CT molecular complexity index is 260. The van der Waals surface area contributed by atoms with E-state index in [4.69, 9.17) is 16.6 Å². The lowest BCUT2D eigenvalue weighted by atomic mass is 10.8. The van der Waals surface area contributed by atoms with Gasteiger partial charge in [-0.15, -0.1) is 0 Å². The van der Waals surface area contributed by atoms with Gasteiger partial charge in [-0.25, -0.2) is 4.79 Å². The first kappa shape index (κ1) is 12.2. The lowest BCUT2D eigenvalue weighted by Crippen LogP contribution is -2.32. The number of carbonyl (C=O) groups excluding carboxylic acids is 1. The summed E-state index contributed by atoms with van der Waals surface area (Å²) in [6.45, 7) is -0.774. The van der Waals surface area contributed by atoms with Crippen molar-refractivity contribution in [2.45, 2.75) is 0 Å². The molecule has 14 heavy (non-hydrogen) atoms. The number of hydrogen-bond acceptors (Lipinski definition) is 4. The van der Waals surface area contributed by atoms with E-state index in [1.54, 1.807) is 14.1 Å². The Morgan fingerprint density at radius 1 is 1.50 bits per heavy atom. The topological polar surface area (TPSA) is 127 Å². The maximum atomic E-state index is 10.4. The minimum atomic E-state index is -0.924. The van der Waals surface area contributed by atoms with E-state index in [0.717, 1.165) is 0 Å². The number of aliphatic imine (C=N–C) groups is 1.